The van der Waals surface area contributed by atoms with Gasteiger partial charge in [0.15, 0.2) is 0 Å². The van der Waals surface area contributed by atoms with Crippen LogP contribution < -0.4 is 9.47 Å². The van der Waals surface area contributed by atoms with Gasteiger partial charge in [-0.25, -0.2) is 4.39 Å². The SMILES string of the molecule is COc1ccc(COc2ccc([C@H](C)O)cc2C)c(F)c1. The minimum absolute atomic E-state index is 0.144. The number of methoxy groups -OCH3 is 1. The van der Waals surface area contributed by atoms with E-state index in [4.69, 9.17) is 9.47 Å². The van der Waals surface area contributed by atoms with Gasteiger partial charge in [-0.1, -0.05) is 6.07 Å². The average molecular weight is 290 g/mol. The van der Waals surface area contributed by atoms with E-state index in [-0.39, 0.29) is 12.4 Å². The Morgan fingerprint density at radius 3 is 2.52 bits per heavy atom. The van der Waals surface area contributed by atoms with Crippen molar-refractivity contribution in [2.75, 3.05) is 7.11 Å². The minimum atomic E-state index is -0.517. The lowest BCUT2D eigenvalue weighted by Gasteiger charge is -2.12. The number of rotatable bonds is 5. The maximum Gasteiger partial charge on any atom is 0.133 e. The largest absolute Gasteiger partial charge is 0.497 e. The van der Waals surface area contributed by atoms with Crippen molar-refractivity contribution in [1.29, 1.82) is 0 Å². The zero-order valence-corrected chi connectivity index (χ0v) is 12.4. The molecule has 0 aromatic heterocycles. The first-order chi connectivity index (χ1) is 10.0. The number of benzene rings is 2. The Hall–Kier alpha value is -2.07. The molecule has 112 valence electrons. The molecule has 0 radical (unpaired) electrons. The number of ether oxygens (including phenoxy) is 2. The summed E-state index contributed by atoms with van der Waals surface area (Å²) in [5.74, 6) is 0.802. The highest BCUT2D eigenvalue weighted by Gasteiger charge is 2.08. The van der Waals surface area contributed by atoms with E-state index >= 15 is 0 Å². The molecule has 0 unspecified atom stereocenters. The lowest BCUT2D eigenvalue weighted by Crippen LogP contribution is -2.01. The summed E-state index contributed by atoms with van der Waals surface area (Å²) >= 11 is 0. The summed E-state index contributed by atoms with van der Waals surface area (Å²) in [5, 5.41) is 9.53. The van der Waals surface area contributed by atoms with E-state index in [1.54, 1.807) is 31.2 Å². The van der Waals surface area contributed by atoms with Crippen molar-refractivity contribution in [3.63, 3.8) is 0 Å². The Balaban J connectivity index is 2.09. The van der Waals surface area contributed by atoms with Crippen LogP contribution in [0.3, 0.4) is 0 Å². The highest BCUT2D eigenvalue weighted by Crippen LogP contribution is 2.24. The molecule has 0 bridgehead atoms. The predicted octanol–water partition coefficient (Wildman–Crippen LogP) is 3.78. The van der Waals surface area contributed by atoms with Crippen LogP contribution in [0.25, 0.3) is 0 Å². The number of aryl methyl sites for hydroxylation is 1. The molecule has 0 saturated carbocycles. The fraction of sp³-hybridized carbons (Fsp3) is 0.294. The third kappa shape index (κ3) is 3.73. The van der Waals surface area contributed by atoms with Crippen molar-refractivity contribution >= 4 is 0 Å². The lowest BCUT2D eigenvalue weighted by molar-refractivity contribution is 0.199. The monoisotopic (exact) mass is 290 g/mol. The van der Waals surface area contributed by atoms with Gasteiger partial charge >= 0.3 is 0 Å². The average Bonchev–Trinajstić information content (AvgIpc) is 2.46. The van der Waals surface area contributed by atoms with E-state index in [2.05, 4.69) is 0 Å². The van der Waals surface area contributed by atoms with Gasteiger partial charge in [-0.3, -0.25) is 0 Å². The zero-order chi connectivity index (χ0) is 15.4. The number of aliphatic hydroxyl groups is 1. The van der Waals surface area contributed by atoms with Crippen LogP contribution in [0, 0.1) is 12.7 Å². The highest BCUT2D eigenvalue weighted by atomic mass is 19.1. The van der Waals surface area contributed by atoms with E-state index < -0.39 is 6.10 Å². The van der Waals surface area contributed by atoms with E-state index in [0.29, 0.717) is 17.1 Å². The maximum absolute atomic E-state index is 13.8. The topological polar surface area (TPSA) is 38.7 Å². The van der Waals surface area contributed by atoms with Gasteiger partial charge in [0.2, 0.25) is 0 Å². The molecule has 2 rings (SSSR count). The summed E-state index contributed by atoms with van der Waals surface area (Å²) in [6, 6.07) is 10.1. The van der Waals surface area contributed by atoms with Crippen LogP contribution in [0.4, 0.5) is 4.39 Å². The van der Waals surface area contributed by atoms with Gasteiger partial charge in [-0.2, -0.15) is 0 Å². The van der Waals surface area contributed by atoms with E-state index in [0.717, 1.165) is 11.1 Å². The second-order valence-electron chi connectivity index (χ2n) is 4.95. The van der Waals surface area contributed by atoms with Crippen LogP contribution >= 0.6 is 0 Å². The van der Waals surface area contributed by atoms with Crippen molar-refractivity contribution in [3.05, 3.63) is 58.9 Å². The molecule has 21 heavy (non-hydrogen) atoms. The molecule has 1 atom stereocenters. The smallest absolute Gasteiger partial charge is 0.133 e. The summed E-state index contributed by atoms with van der Waals surface area (Å²) < 4.78 is 24.4. The molecule has 0 aliphatic heterocycles. The minimum Gasteiger partial charge on any atom is -0.497 e. The van der Waals surface area contributed by atoms with Gasteiger partial charge in [0.25, 0.3) is 0 Å². The summed E-state index contributed by atoms with van der Waals surface area (Å²) in [7, 11) is 1.50. The Labute approximate surface area is 124 Å². The van der Waals surface area contributed by atoms with Crippen molar-refractivity contribution in [1.82, 2.24) is 0 Å². The van der Waals surface area contributed by atoms with Crippen LogP contribution in [0.5, 0.6) is 11.5 Å². The van der Waals surface area contributed by atoms with Crippen molar-refractivity contribution in [2.45, 2.75) is 26.6 Å². The summed E-state index contributed by atoms with van der Waals surface area (Å²) in [6.45, 7) is 3.75. The van der Waals surface area contributed by atoms with Gasteiger partial charge in [-0.05, 0) is 49.2 Å². The second kappa shape index (κ2) is 6.59. The molecule has 0 aliphatic carbocycles. The number of aliphatic hydroxyl groups excluding tert-OH is 1. The van der Waals surface area contributed by atoms with Gasteiger partial charge in [-0.15, -0.1) is 0 Å². The number of hydrogen-bond donors (Lipinski definition) is 1. The van der Waals surface area contributed by atoms with Crippen LogP contribution in [0.15, 0.2) is 36.4 Å². The molecule has 0 saturated heterocycles. The van der Waals surface area contributed by atoms with Crippen molar-refractivity contribution in [3.8, 4) is 11.5 Å². The first kappa shape index (κ1) is 15.3. The molecule has 0 fully saturated rings. The molecule has 0 heterocycles. The molecule has 3 nitrogen and oxygen atoms in total. The fourth-order valence-electron chi connectivity index (χ4n) is 2.02. The standard InChI is InChI=1S/C17H19FO3/c1-11-8-13(12(2)19)5-7-17(11)21-10-14-4-6-15(20-3)9-16(14)18/h4-9,12,19H,10H2,1-3H3/t12-/m0/s1. The van der Waals surface area contributed by atoms with Gasteiger partial charge in [0, 0.05) is 11.6 Å². The zero-order valence-electron chi connectivity index (χ0n) is 12.4. The molecule has 2 aromatic carbocycles. The summed E-state index contributed by atoms with van der Waals surface area (Å²) in [4.78, 5) is 0. The first-order valence-electron chi connectivity index (χ1n) is 6.75. The molecule has 0 spiro atoms. The first-order valence-corrected chi connectivity index (χ1v) is 6.75. The second-order valence-corrected chi connectivity index (χ2v) is 4.95. The Morgan fingerprint density at radius 2 is 1.95 bits per heavy atom. The van der Waals surface area contributed by atoms with Crippen molar-refractivity contribution in [2.24, 2.45) is 0 Å². The normalized spacial score (nSPS) is 12.0. The Morgan fingerprint density at radius 1 is 1.19 bits per heavy atom. The van der Waals surface area contributed by atoms with E-state index in [9.17, 15) is 9.50 Å². The molecule has 0 amide bonds. The van der Waals surface area contributed by atoms with Crippen LogP contribution in [0.2, 0.25) is 0 Å². The predicted molar refractivity (Wildman–Crippen MR) is 79.1 cm³/mol. The molecule has 2 aromatic rings. The fourth-order valence-corrected chi connectivity index (χ4v) is 2.02. The molecular formula is C17H19FO3. The van der Waals surface area contributed by atoms with E-state index in [1.807, 2.05) is 13.0 Å². The molecule has 1 N–H and O–H groups in total. The number of hydrogen-bond acceptors (Lipinski definition) is 3. The van der Waals surface area contributed by atoms with Crippen molar-refractivity contribution < 1.29 is 19.0 Å². The Kier molecular flexibility index (Phi) is 4.81. The van der Waals surface area contributed by atoms with Crippen LogP contribution in [-0.2, 0) is 6.61 Å². The summed E-state index contributed by atoms with van der Waals surface area (Å²) in [6.07, 6.45) is -0.517. The van der Waals surface area contributed by atoms with Crippen LogP contribution in [-0.4, -0.2) is 12.2 Å². The third-order valence-electron chi connectivity index (χ3n) is 3.32. The third-order valence-corrected chi connectivity index (χ3v) is 3.32. The quantitative estimate of drug-likeness (QED) is 0.911. The number of halogens is 1. The maximum atomic E-state index is 13.8. The van der Waals surface area contributed by atoms with Gasteiger partial charge in [0.05, 0.1) is 13.2 Å². The van der Waals surface area contributed by atoms with Crippen LogP contribution in [0.1, 0.15) is 29.7 Å². The van der Waals surface area contributed by atoms with Gasteiger partial charge < -0.3 is 14.6 Å². The highest BCUT2D eigenvalue weighted by molar-refractivity contribution is 5.37. The van der Waals surface area contributed by atoms with E-state index in [1.165, 1.54) is 13.2 Å². The lowest BCUT2D eigenvalue weighted by atomic mass is 10.1. The van der Waals surface area contributed by atoms with Gasteiger partial charge in [0.1, 0.15) is 23.9 Å². The molecule has 0 aliphatic rings. The Bertz CT molecular complexity index is 623. The summed E-state index contributed by atoms with van der Waals surface area (Å²) in [5.41, 5.74) is 2.20. The molecular weight excluding hydrogens is 271 g/mol. The molecule has 4 heteroatoms.